The highest BCUT2D eigenvalue weighted by molar-refractivity contribution is 5.76. The summed E-state index contributed by atoms with van der Waals surface area (Å²) in [5.41, 5.74) is -2.74. The first-order chi connectivity index (χ1) is 18.5. The molecule has 0 unspecified atom stereocenters. The molecule has 2 aliphatic rings. The molecule has 0 bridgehead atoms. The van der Waals surface area contributed by atoms with Crippen molar-refractivity contribution >= 4 is 12.0 Å². The lowest BCUT2D eigenvalue weighted by Gasteiger charge is -2.47. The number of alkyl halides is 6. The van der Waals surface area contributed by atoms with E-state index in [0.717, 1.165) is 4.90 Å². The maximum Gasteiger partial charge on any atom is 0.416 e. The number of rotatable bonds is 4. The highest BCUT2D eigenvalue weighted by Gasteiger charge is 2.48. The molecule has 40 heavy (non-hydrogen) atoms. The largest absolute Gasteiger partial charge is 0.480 e. The van der Waals surface area contributed by atoms with Gasteiger partial charge in [0.25, 0.3) is 0 Å². The summed E-state index contributed by atoms with van der Waals surface area (Å²) < 4.78 is 93.8. The van der Waals surface area contributed by atoms with Crippen LogP contribution in [0.4, 0.5) is 35.5 Å². The molecule has 2 amide bonds. The van der Waals surface area contributed by atoms with Crippen molar-refractivity contribution in [2.75, 3.05) is 13.6 Å². The van der Waals surface area contributed by atoms with Crippen molar-refractivity contribution in [3.05, 3.63) is 70.0 Å². The van der Waals surface area contributed by atoms with E-state index in [0.29, 0.717) is 48.9 Å². The van der Waals surface area contributed by atoms with Crippen LogP contribution in [-0.4, -0.2) is 52.1 Å². The number of nitrogens with one attached hydrogen (secondary N) is 1. The Balaban J connectivity index is 1.63. The van der Waals surface area contributed by atoms with E-state index in [9.17, 15) is 45.4 Å². The number of likely N-dealkylation sites (tertiary alicyclic amines) is 1. The van der Waals surface area contributed by atoms with Crippen LogP contribution in [-0.2, 0) is 23.7 Å². The SMILES string of the molecule is Cc1cc(F)ccc1[C@H]1C[C@]2(CC[C@H](C(=O)O)N2)CCN1C(=O)N(C)Cc1cc(C(F)(F)F)cc(C(F)(F)F)c1. The first-order valence-corrected chi connectivity index (χ1v) is 12.6. The Morgan fingerprint density at radius 1 is 1.05 bits per heavy atom. The summed E-state index contributed by atoms with van der Waals surface area (Å²) in [6.45, 7) is 1.28. The topological polar surface area (TPSA) is 72.9 Å². The summed E-state index contributed by atoms with van der Waals surface area (Å²) in [5.74, 6) is -1.49. The quantitative estimate of drug-likeness (QED) is 0.430. The van der Waals surface area contributed by atoms with E-state index in [1.807, 2.05) is 0 Å². The monoisotopic (exact) mass is 575 g/mol. The number of benzene rings is 2. The van der Waals surface area contributed by atoms with Gasteiger partial charge in [0.05, 0.1) is 17.2 Å². The Bertz CT molecular complexity index is 1260. The normalized spacial score (nSPS) is 23.5. The molecule has 0 radical (unpaired) electrons. The maximum absolute atomic E-state index is 13.9. The number of carbonyl (C=O) groups excluding carboxylic acids is 1. The van der Waals surface area contributed by atoms with E-state index < -0.39 is 65.5 Å². The van der Waals surface area contributed by atoms with Gasteiger partial charge in [-0.25, -0.2) is 9.18 Å². The van der Waals surface area contributed by atoms with Crippen molar-refractivity contribution in [1.29, 1.82) is 0 Å². The second-order valence-corrected chi connectivity index (χ2v) is 10.6. The number of aliphatic carboxylic acids is 1. The molecule has 1 spiro atoms. The Hall–Kier alpha value is -3.35. The number of carbonyl (C=O) groups is 2. The van der Waals surface area contributed by atoms with Gasteiger partial charge >= 0.3 is 24.4 Å². The van der Waals surface area contributed by atoms with E-state index in [4.69, 9.17) is 0 Å². The number of amides is 2. The number of piperidine rings is 1. The predicted molar refractivity (Wildman–Crippen MR) is 130 cm³/mol. The number of aryl methyl sites for hydroxylation is 1. The molecule has 2 saturated heterocycles. The van der Waals surface area contributed by atoms with E-state index in [-0.39, 0.29) is 18.2 Å². The molecular formula is C27H28F7N3O3. The van der Waals surface area contributed by atoms with Crippen molar-refractivity contribution in [3.63, 3.8) is 0 Å². The van der Waals surface area contributed by atoms with Crippen LogP contribution in [0.5, 0.6) is 0 Å². The van der Waals surface area contributed by atoms with Gasteiger partial charge in [-0.3, -0.25) is 10.1 Å². The molecule has 4 rings (SSSR count). The second-order valence-electron chi connectivity index (χ2n) is 10.6. The Morgan fingerprint density at radius 2 is 1.68 bits per heavy atom. The molecule has 2 N–H and O–H groups in total. The van der Waals surface area contributed by atoms with Crippen LogP contribution in [0.2, 0.25) is 0 Å². The fraction of sp³-hybridized carbons (Fsp3) is 0.481. The van der Waals surface area contributed by atoms with Gasteiger partial charge in [-0.15, -0.1) is 0 Å². The van der Waals surface area contributed by atoms with Crippen molar-refractivity contribution < 1.29 is 45.4 Å². The van der Waals surface area contributed by atoms with Crippen LogP contribution in [0.3, 0.4) is 0 Å². The van der Waals surface area contributed by atoms with Crippen LogP contribution in [0, 0.1) is 12.7 Å². The van der Waals surface area contributed by atoms with E-state index in [1.54, 1.807) is 6.92 Å². The highest BCUT2D eigenvalue weighted by Crippen LogP contribution is 2.44. The number of halogens is 7. The van der Waals surface area contributed by atoms with Crippen LogP contribution in [0.1, 0.15) is 59.5 Å². The third-order valence-corrected chi connectivity index (χ3v) is 7.71. The lowest BCUT2D eigenvalue weighted by Crippen LogP contribution is -2.56. The smallest absolute Gasteiger partial charge is 0.416 e. The number of urea groups is 1. The average molecular weight is 576 g/mol. The summed E-state index contributed by atoms with van der Waals surface area (Å²) in [4.78, 5) is 27.7. The number of hydrogen-bond acceptors (Lipinski definition) is 3. The first kappa shape index (κ1) is 29.6. The minimum absolute atomic E-state index is 0.0295. The lowest BCUT2D eigenvalue weighted by atomic mass is 9.79. The van der Waals surface area contributed by atoms with Gasteiger partial charge in [0.15, 0.2) is 0 Å². The van der Waals surface area contributed by atoms with Crippen molar-refractivity contribution in [2.45, 2.75) is 69.1 Å². The molecule has 0 saturated carbocycles. The fourth-order valence-corrected chi connectivity index (χ4v) is 5.74. The summed E-state index contributed by atoms with van der Waals surface area (Å²) in [6.07, 6.45) is -8.45. The number of nitrogens with zero attached hydrogens (tertiary/aromatic N) is 2. The zero-order chi connectivity index (χ0) is 29.6. The molecule has 2 aromatic rings. The van der Waals surface area contributed by atoms with E-state index in [1.165, 1.54) is 30.1 Å². The summed E-state index contributed by atoms with van der Waals surface area (Å²) in [6, 6.07) is 3.22. The number of carboxylic acid groups (broad SMARTS) is 1. The van der Waals surface area contributed by atoms with Gasteiger partial charge in [0.1, 0.15) is 11.9 Å². The van der Waals surface area contributed by atoms with Gasteiger partial charge in [-0.1, -0.05) is 6.07 Å². The van der Waals surface area contributed by atoms with Crippen molar-refractivity contribution in [2.24, 2.45) is 0 Å². The van der Waals surface area contributed by atoms with E-state index in [2.05, 4.69) is 5.32 Å². The van der Waals surface area contributed by atoms with E-state index >= 15 is 0 Å². The van der Waals surface area contributed by atoms with Crippen molar-refractivity contribution in [3.8, 4) is 0 Å². The Labute approximate surface area is 225 Å². The minimum atomic E-state index is -5.02. The molecule has 0 aliphatic carbocycles. The third kappa shape index (κ3) is 6.18. The Morgan fingerprint density at radius 3 is 2.20 bits per heavy atom. The molecule has 6 nitrogen and oxygen atoms in total. The zero-order valence-corrected chi connectivity index (χ0v) is 21.7. The molecule has 0 aromatic heterocycles. The van der Waals surface area contributed by atoms with Gasteiger partial charge in [0.2, 0.25) is 0 Å². The first-order valence-electron chi connectivity index (χ1n) is 12.6. The van der Waals surface area contributed by atoms with Gasteiger partial charge in [-0.2, -0.15) is 26.3 Å². The van der Waals surface area contributed by atoms with Gasteiger partial charge in [0, 0.05) is 25.7 Å². The second kappa shape index (κ2) is 10.6. The van der Waals surface area contributed by atoms with Gasteiger partial charge < -0.3 is 14.9 Å². The average Bonchev–Trinajstić information content (AvgIpc) is 3.26. The molecular weight excluding hydrogens is 547 g/mol. The number of carboxylic acids is 1. The molecule has 2 fully saturated rings. The van der Waals surface area contributed by atoms with Crippen molar-refractivity contribution in [1.82, 2.24) is 15.1 Å². The van der Waals surface area contributed by atoms with Crippen LogP contribution in [0.25, 0.3) is 0 Å². The molecule has 2 aliphatic heterocycles. The standard InChI is InChI=1S/C27H28F7N3O3/c1-15-9-19(28)3-4-20(15)22-13-25(6-5-21(35-25)23(38)39)7-8-37(22)24(40)36(2)14-16-10-17(26(29,30)31)12-18(11-16)27(32,33)34/h3-4,9-12,21-22,35H,5-8,13-14H2,1-2H3,(H,38,39)/t21-,22-,25+/m1/s1. The number of hydrogen-bond donors (Lipinski definition) is 2. The van der Waals surface area contributed by atoms with Crippen LogP contribution < -0.4 is 5.32 Å². The molecule has 218 valence electrons. The molecule has 2 heterocycles. The summed E-state index contributed by atoms with van der Waals surface area (Å²) >= 11 is 0. The third-order valence-electron chi connectivity index (χ3n) is 7.71. The Kier molecular flexibility index (Phi) is 7.83. The van der Waals surface area contributed by atoms with Gasteiger partial charge in [-0.05, 0) is 79.6 Å². The minimum Gasteiger partial charge on any atom is -0.480 e. The van der Waals surface area contributed by atoms with Crippen LogP contribution in [0.15, 0.2) is 36.4 Å². The fourth-order valence-electron chi connectivity index (χ4n) is 5.74. The zero-order valence-electron chi connectivity index (χ0n) is 21.7. The maximum atomic E-state index is 13.9. The van der Waals surface area contributed by atoms with Crippen LogP contribution >= 0.6 is 0 Å². The molecule has 13 heteroatoms. The predicted octanol–water partition coefficient (Wildman–Crippen LogP) is 6.14. The lowest BCUT2D eigenvalue weighted by molar-refractivity contribution is -0.143. The summed E-state index contributed by atoms with van der Waals surface area (Å²) in [5, 5.41) is 12.6. The highest BCUT2D eigenvalue weighted by atomic mass is 19.4. The molecule has 3 atom stereocenters. The summed E-state index contributed by atoms with van der Waals surface area (Å²) in [7, 11) is 1.28. The molecule has 2 aromatic carbocycles.